The number of ether oxygens (including phenoxy) is 1. The lowest BCUT2D eigenvalue weighted by molar-refractivity contribution is 0.154. The topological polar surface area (TPSA) is 89.1 Å². The molecule has 0 amide bonds. The highest BCUT2D eigenvalue weighted by atomic mass is 32.1. The zero-order valence-electron chi connectivity index (χ0n) is 8.80. The Labute approximate surface area is 93.1 Å². The highest BCUT2D eigenvalue weighted by molar-refractivity contribution is 7.71. The van der Waals surface area contributed by atoms with Crippen LogP contribution in [0.15, 0.2) is 0 Å². The number of aliphatic hydroxyl groups is 1. The van der Waals surface area contributed by atoms with Crippen molar-refractivity contribution in [2.75, 3.05) is 13.7 Å². The van der Waals surface area contributed by atoms with Crippen LogP contribution in [-0.4, -0.2) is 39.7 Å². The number of aromatic nitrogens is 3. The molecule has 2 atom stereocenters. The van der Waals surface area contributed by atoms with Crippen molar-refractivity contribution < 1.29 is 9.84 Å². The molecule has 6 nitrogen and oxygen atoms in total. The van der Waals surface area contributed by atoms with Gasteiger partial charge in [-0.2, -0.15) is 5.10 Å². The number of nitrogens with two attached hydrogens (primary N) is 1. The van der Waals surface area contributed by atoms with Crippen molar-refractivity contribution in [3.63, 3.8) is 0 Å². The van der Waals surface area contributed by atoms with Crippen molar-refractivity contribution in [3.05, 3.63) is 10.6 Å². The smallest absolute Gasteiger partial charge is 0.195 e. The van der Waals surface area contributed by atoms with Gasteiger partial charge >= 0.3 is 0 Å². The number of hydrogen-bond acceptors (Lipinski definition) is 5. The van der Waals surface area contributed by atoms with Crippen LogP contribution >= 0.6 is 12.2 Å². The van der Waals surface area contributed by atoms with E-state index in [1.807, 2.05) is 0 Å². The zero-order valence-corrected chi connectivity index (χ0v) is 9.62. The van der Waals surface area contributed by atoms with Crippen molar-refractivity contribution in [2.45, 2.75) is 25.6 Å². The first kappa shape index (κ1) is 12.3. The molecular weight excluding hydrogens is 216 g/mol. The van der Waals surface area contributed by atoms with Gasteiger partial charge in [0.15, 0.2) is 10.6 Å². The molecule has 0 unspecified atom stereocenters. The summed E-state index contributed by atoms with van der Waals surface area (Å²) >= 11 is 5.04. The maximum Gasteiger partial charge on any atom is 0.195 e. The molecule has 0 aliphatic heterocycles. The first-order chi connectivity index (χ1) is 7.07. The van der Waals surface area contributed by atoms with Crippen LogP contribution < -0.4 is 5.73 Å². The van der Waals surface area contributed by atoms with Gasteiger partial charge in [-0.05, 0) is 19.1 Å². The summed E-state index contributed by atoms with van der Waals surface area (Å²) in [5.41, 5.74) is 5.78. The molecule has 1 aromatic heterocycles. The van der Waals surface area contributed by atoms with E-state index in [2.05, 4.69) is 10.2 Å². The quantitative estimate of drug-likeness (QED) is 0.620. The summed E-state index contributed by atoms with van der Waals surface area (Å²) in [6, 6.07) is -0.546. The number of nitrogens with one attached hydrogen (secondary N) is 1. The molecule has 0 aromatic carbocycles. The van der Waals surface area contributed by atoms with E-state index in [9.17, 15) is 5.11 Å². The molecule has 0 bridgehead atoms. The summed E-state index contributed by atoms with van der Waals surface area (Å²) in [4.78, 5) is 0. The maximum absolute atomic E-state index is 9.38. The van der Waals surface area contributed by atoms with Crippen molar-refractivity contribution in [1.29, 1.82) is 0 Å². The molecule has 0 saturated carbocycles. The van der Waals surface area contributed by atoms with Gasteiger partial charge in [-0.3, -0.25) is 5.10 Å². The van der Waals surface area contributed by atoms with Crippen molar-refractivity contribution in [1.82, 2.24) is 14.8 Å². The summed E-state index contributed by atoms with van der Waals surface area (Å²) in [6.07, 6.45) is -0.670. The van der Waals surface area contributed by atoms with Gasteiger partial charge in [0, 0.05) is 7.11 Å². The summed E-state index contributed by atoms with van der Waals surface area (Å²) < 4.78 is 7.17. The van der Waals surface area contributed by atoms with E-state index in [1.165, 1.54) is 0 Å². The summed E-state index contributed by atoms with van der Waals surface area (Å²) in [5.74, 6) is 0.548. The van der Waals surface area contributed by atoms with Crippen LogP contribution in [0.4, 0.5) is 0 Å². The fraction of sp³-hybridized carbons (Fsp3) is 0.750. The van der Waals surface area contributed by atoms with Crippen LogP contribution in [0, 0.1) is 4.77 Å². The predicted octanol–water partition coefficient (Wildman–Crippen LogP) is -0.0323. The number of aromatic amines is 1. The second-order valence-corrected chi connectivity index (χ2v) is 3.68. The SMILES string of the molecule is COCCn1c([C@@H](N)[C@H](C)O)n[nH]c1=S. The fourth-order valence-corrected chi connectivity index (χ4v) is 1.43. The average Bonchev–Trinajstić information content (AvgIpc) is 2.55. The Balaban J connectivity index is 2.92. The van der Waals surface area contributed by atoms with Gasteiger partial charge in [-0.1, -0.05) is 0 Å². The van der Waals surface area contributed by atoms with Crippen molar-refractivity contribution >= 4 is 12.2 Å². The molecule has 1 rings (SSSR count). The number of nitrogens with zero attached hydrogens (tertiary/aromatic N) is 2. The molecule has 0 spiro atoms. The largest absolute Gasteiger partial charge is 0.391 e. The Morgan fingerprint density at radius 1 is 1.73 bits per heavy atom. The third kappa shape index (κ3) is 2.85. The van der Waals surface area contributed by atoms with Gasteiger partial charge in [0.1, 0.15) is 0 Å². The van der Waals surface area contributed by atoms with Crippen molar-refractivity contribution in [2.24, 2.45) is 5.73 Å². The number of aliphatic hydroxyl groups excluding tert-OH is 1. The monoisotopic (exact) mass is 232 g/mol. The van der Waals surface area contributed by atoms with Crippen LogP contribution in [0.5, 0.6) is 0 Å². The molecule has 0 fully saturated rings. The third-order valence-corrected chi connectivity index (χ3v) is 2.44. The van der Waals surface area contributed by atoms with E-state index in [-0.39, 0.29) is 0 Å². The molecular formula is C8H16N4O2S. The van der Waals surface area contributed by atoms with E-state index in [0.29, 0.717) is 23.7 Å². The minimum atomic E-state index is -0.670. The Hall–Kier alpha value is -0.760. The van der Waals surface area contributed by atoms with Gasteiger partial charge in [0.05, 0.1) is 25.3 Å². The average molecular weight is 232 g/mol. The number of hydrogen-bond donors (Lipinski definition) is 3. The minimum Gasteiger partial charge on any atom is -0.391 e. The van der Waals surface area contributed by atoms with Gasteiger partial charge in [-0.15, -0.1) is 0 Å². The lowest BCUT2D eigenvalue weighted by atomic mass is 10.2. The molecule has 0 radical (unpaired) electrons. The van der Waals surface area contributed by atoms with E-state index >= 15 is 0 Å². The fourth-order valence-electron chi connectivity index (χ4n) is 1.20. The second-order valence-electron chi connectivity index (χ2n) is 3.30. The molecule has 0 aliphatic rings. The Bertz CT molecular complexity index is 360. The van der Waals surface area contributed by atoms with Crippen LogP contribution in [-0.2, 0) is 11.3 Å². The number of H-pyrrole nitrogens is 1. The molecule has 86 valence electrons. The predicted molar refractivity (Wildman–Crippen MR) is 57.9 cm³/mol. The first-order valence-electron chi connectivity index (χ1n) is 4.65. The van der Waals surface area contributed by atoms with Crippen LogP contribution in [0.2, 0.25) is 0 Å². The molecule has 15 heavy (non-hydrogen) atoms. The molecule has 7 heteroatoms. The van der Waals surface area contributed by atoms with Gasteiger partial charge in [-0.25, -0.2) is 0 Å². The third-order valence-electron chi connectivity index (χ3n) is 2.12. The summed E-state index contributed by atoms with van der Waals surface area (Å²) in [7, 11) is 1.61. The van der Waals surface area contributed by atoms with Gasteiger partial charge < -0.3 is 20.1 Å². The minimum absolute atomic E-state index is 0.484. The maximum atomic E-state index is 9.38. The van der Waals surface area contributed by atoms with Crippen molar-refractivity contribution in [3.8, 4) is 0 Å². The lowest BCUT2D eigenvalue weighted by Gasteiger charge is -2.15. The number of methoxy groups -OCH3 is 1. The number of rotatable bonds is 5. The van der Waals surface area contributed by atoms with Gasteiger partial charge in [0.25, 0.3) is 0 Å². The Kier molecular flexibility index (Phi) is 4.40. The first-order valence-corrected chi connectivity index (χ1v) is 5.06. The standard InChI is InChI=1S/C8H16N4O2S/c1-5(13)6(9)7-10-11-8(15)12(7)3-4-14-2/h5-6,13H,3-4,9H2,1-2H3,(H,11,15)/t5-,6-/m0/s1. The highest BCUT2D eigenvalue weighted by Gasteiger charge is 2.18. The zero-order chi connectivity index (χ0) is 11.4. The Morgan fingerprint density at radius 3 is 2.93 bits per heavy atom. The van der Waals surface area contributed by atoms with Gasteiger partial charge in [0.2, 0.25) is 0 Å². The second kappa shape index (κ2) is 5.36. The normalized spacial score (nSPS) is 15.2. The molecule has 0 saturated heterocycles. The Morgan fingerprint density at radius 2 is 2.40 bits per heavy atom. The van der Waals surface area contributed by atoms with E-state index < -0.39 is 12.1 Å². The molecule has 0 aliphatic carbocycles. The molecule has 1 heterocycles. The highest BCUT2D eigenvalue weighted by Crippen LogP contribution is 2.11. The van der Waals surface area contributed by atoms with Crippen LogP contribution in [0.1, 0.15) is 18.8 Å². The van der Waals surface area contributed by atoms with E-state index in [4.69, 9.17) is 22.7 Å². The molecule has 4 N–H and O–H groups in total. The van der Waals surface area contributed by atoms with E-state index in [1.54, 1.807) is 18.6 Å². The van der Waals surface area contributed by atoms with E-state index in [0.717, 1.165) is 0 Å². The lowest BCUT2D eigenvalue weighted by Crippen LogP contribution is -2.27. The van der Waals surface area contributed by atoms with Crippen LogP contribution in [0.25, 0.3) is 0 Å². The molecule has 1 aromatic rings. The summed E-state index contributed by atoms with van der Waals surface area (Å²) in [6.45, 7) is 2.71. The van der Waals surface area contributed by atoms with Crippen LogP contribution in [0.3, 0.4) is 0 Å². The summed E-state index contributed by atoms with van der Waals surface area (Å²) in [5, 5.41) is 16.0.